The zero-order valence-corrected chi connectivity index (χ0v) is 13.0. The molecule has 0 unspecified atom stereocenters. The molecule has 0 aliphatic heterocycles. The molecule has 0 fully saturated rings. The summed E-state index contributed by atoms with van der Waals surface area (Å²) in [6.45, 7) is 0. The number of fused-ring (bicyclic) bond motifs is 1. The van der Waals surface area contributed by atoms with Gasteiger partial charge < -0.3 is 15.5 Å². The number of nitrogens with one attached hydrogen (secondary N) is 1. The third-order valence-corrected chi connectivity index (χ3v) is 2.44. The highest BCUT2D eigenvalue weighted by molar-refractivity contribution is 5.82. The molecule has 0 saturated carbocycles. The van der Waals surface area contributed by atoms with Gasteiger partial charge in [-0.2, -0.15) is 0 Å². The van der Waals surface area contributed by atoms with Crippen LogP contribution in [0.25, 0.3) is 10.8 Å². The lowest BCUT2D eigenvalue weighted by Crippen LogP contribution is -1.98. The fourth-order valence-corrected chi connectivity index (χ4v) is 1.52. The molecule has 2 aromatic carbocycles. The molecule has 22 heavy (non-hydrogen) atoms. The minimum atomic E-state index is -0.948. The summed E-state index contributed by atoms with van der Waals surface area (Å²) in [4.78, 5) is 19.6. The molecule has 2 rings (SSSR count). The summed E-state index contributed by atoms with van der Waals surface area (Å²) in [7, 11) is 3.75. The second kappa shape index (κ2) is 12.3. The first kappa shape index (κ1) is 19.6. The topological polar surface area (TPSA) is 86.6 Å². The van der Waals surface area contributed by atoms with Crippen molar-refractivity contribution >= 4 is 22.7 Å². The summed E-state index contributed by atoms with van der Waals surface area (Å²) in [6, 6.07) is 16.7. The van der Waals surface area contributed by atoms with E-state index in [2.05, 4.69) is 53.8 Å². The van der Waals surface area contributed by atoms with Gasteiger partial charge in [-0.1, -0.05) is 48.5 Å². The molecular formula is C17H23NO4. The van der Waals surface area contributed by atoms with Crippen molar-refractivity contribution in [1.29, 1.82) is 0 Å². The number of hydrogen-bond donors (Lipinski definition) is 3. The van der Waals surface area contributed by atoms with Crippen molar-refractivity contribution in [2.45, 2.75) is 19.3 Å². The van der Waals surface area contributed by atoms with Crippen LogP contribution in [-0.4, -0.2) is 36.2 Å². The predicted molar refractivity (Wildman–Crippen MR) is 88.1 cm³/mol. The Morgan fingerprint density at radius 2 is 1.09 bits per heavy atom. The van der Waals surface area contributed by atoms with Crippen LogP contribution in [0.15, 0.2) is 48.5 Å². The summed E-state index contributed by atoms with van der Waals surface area (Å²) in [5, 5.41) is 21.4. The van der Waals surface area contributed by atoms with Crippen LogP contribution in [0, 0.1) is 0 Å². The van der Waals surface area contributed by atoms with E-state index < -0.39 is 11.9 Å². The number of rotatable bonds is 4. The van der Waals surface area contributed by atoms with Gasteiger partial charge in [0.2, 0.25) is 0 Å². The van der Waals surface area contributed by atoms with Crippen LogP contribution in [0.4, 0.5) is 0 Å². The second-order valence-electron chi connectivity index (χ2n) is 4.49. The molecule has 0 aromatic heterocycles. The number of carboxylic acid groups (broad SMARTS) is 2. The molecule has 2 aromatic rings. The first-order chi connectivity index (χ1) is 10.5. The standard InChI is InChI=1S/C10H8.C5H8O4.C2H7N/c1-2-6-10-8-4-3-7-9(10)5-1;6-4(7)2-1-3-5(8)9;1-3-2/h1-8H;1-3H2,(H,6,7)(H,8,9);3H,1-2H3. The molecule has 0 aliphatic carbocycles. The molecule has 0 radical (unpaired) electrons. The first-order valence-corrected chi connectivity index (χ1v) is 6.97. The van der Waals surface area contributed by atoms with Gasteiger partial charge >= 0.3 is 11.9 Å². The molecule has 0 spiro atoms. The summed E-state index contributed by atoms with van der Waals surface area (Å²) in [6.07, 6.45) is 0.0866. The van der Waals surface area contributed by atoms with E-state index in [1.807, 2.05) is 14.1 Å². The van der Waals surface area contributed by atoms with Gasteiger partial charge in [-0.05, 0) is 31.3 Å². The van der Waals surface area contributed by atoms with Crippen LogP contribution in [0.2, 0.25) is 0 Å². The maximum Gasteiger partial charge on any atom is 0.303 e. The number of carbonyl (C=O) groups is 2. The van der Waals surface area contributed by atoms with Crippen molar-refractivity contribution < 1.29 is 19.8 Å². The quantitative estimate of drug-likeness (QED) is 0.808. The Balaban J connectivity index is 0.000000344. The van der Waals surface area contributed by atoms with Gasteiger partial charge in [0, 0.05) is 12.8 Å². The van der Waals surface area contributed by atoms with Gasteiger partial charge in [0.15, 0.2) is 0 Å². The van der Waals surface area contributed by atoms with Crippen LogP contribution in [0.5, 0.6) is 0 Å². The lowest BCUT2D eigenvalue weighted by Gasteiger charge is -1.92. The summed E-state index contributed by atoms with van der Waals surface area (Å²) in [5.74, 6) is -1.90. The highest BCUT2D eigenvalue weighted by atomic mass is 16.4. The van der Waals surface area contributed by atoms with Crippen molar-refractivity contribution in [3.63, 3.8) is 0 Å². The Labute approximate surface area is 130 Å². The van der Waals surface area contributed by atoms with Gasteiger partial charge in [0.1, 0.15) is 0 Å². The number of aliphatic carboxylic acids is 2. The third kappa shape index (κ3) is 10.4. The summed E-state index contributed by atoms with van der Waals surface area (Å²) >= 11 is 0. The van der Waals surface area contributed by atoms with E-state index in [4.69, 9.17) is 10.2 Å². The molecule has 5 nitrogen and oxygen atoms in total. The molecule has 0 aliphatic rings. The van der Waals surface area contributed by atoms with E-state index in [1.165, 1.54) is 10.8 Å². The van der Waals surface area contributed by atoms with Gasteiger partial charge in [0.25, 0.3) is 0 Å². The Hall–Kier alpha value is -2.40. The van der Waals surface area contributed by atoms with Crippen LogP contribution < -0.4 is 5.32 Å². The first-order valence-electron chi connectivity index (χ1n) is 6.97. The van der Waals surface area contributed by atoms with Crippen molar-refractivity contribution in [3.05, 3.63) is 48.5 Å². The van der Waals surface area contributed by atoms with Gasteiger partial charge in [-0.15, -0.1) is 0 Å². The van der Waals surface area contributed by atoms with Gasteiger partial charge in [-0.3, -0.25) is 9.59 Å². The number of carboxylic acids is 2. The third-order valence-electron chi connectivity index (χ3n) is 2.44. The molecule has 0 amide bonds. The largest absolute Gasteiger partial charge is 0.481 e. The van der Waals surface area contributed by atoms with Crippen molar-refractivity contribution in [3.8, 4) is 0 Å². The van der Waals surface area contributed by atoms with E-state index in [9.17, 15) is 9.59 Å². The number of benzene rings is 2. The van der Waals surface area contributed by atoms with Crippen molar-refractivity contribution in [2.24, 2.45) is 0 Å². The Bertz CT molecular complexity index is 490. The van der Waals surface area contributed by atoms with E-state index in [0.717, 1.165) is 0 Å². The van der Waals surface area contributed by atoms with Crippen molar-refractivity contribution in [1.82, 2.24) is 5.32 Å². The molecule has 0 heterocycles. The zero-order valence-electron chi connectivity index (χ0n) is 13.0. The summed E-state index contributed by atoms with van der Waals surface area (Å²) < 4.78 is 0. The molecule has 0 bridgehead atoms. The zero-order chi connectivity index (χ0) is 16.8. The predicted octanol–water partition coefficient (Wildman–Crippen LogP) is 3.00. The van der Waals surface area contributed by atoms with E-state index in [-0.39, 0.29) is 19.3 Å². The lowest BCUT2D eigenvalue weighted by molar-refractivity contribution is -0.138. The average Bonchev–Trinajstić information content (AvgIpc) is 2.48. The Morgan fingerprint density at radius 3 is 1.32 bits per heavy atom. The Kier molecular flexibility index (Phi) is 11.0. The molecular weight excluding hydrogens is 282 g/mol. The monoisotopic (exact) mass is 305 g/mol. The summed E-state index contributed by atoms with van der Waals surface area (Å²) in [5.41, 5.74) is 0. The van der Waals surface area contributed by atoms with Crippen LogP contribution in [0.3, 0.4) is 0 Å². The van der Waals surface area contributed by atoms with E-state index in [0.29, 0.717) is 0 Å². The van der Waals surface area contributed by atoms with Gasteiger partial charge in [-0.25, -0.2) is 0 Å². The average molecular weight is 305 g/mol. The van der Waals surface area contributed by atoms with Gasteiger partial charge in [0.05, 0.1) is 0 Å². The molecule has 0 atom stereocenters. The van der Waals surface area contributed by atoms with Crippen LogP contribution in [-0.2, 0) is 9.59 Å². The van der Waals surface area contributed by atoms with E-state index >= 15 is 0 Å². The van der Waals surface area contributed by atoms with Crippen molar-refractivity contribution in [2.75, 3.05) is 14.1 Å². The molecule has 0 saturated heterocycles. The maximum atomic E-state index is 9.79. The Morgan fingerprint density at radius 1 is 0.818 bits per heavy atom. The normalized spacial score (nSPS) is 9.00. The fourth-order valence-electron chi connectivity index (χ4n) is 1.52. The number of hydrogen-bond acceptors (Lipinski definition) is 3. The second-order valence-corrected chi connectivity index (χ2v) is 4.49. The molecule has 3 N–H and O–H groups in total. The smallest absolute Gasteiger partial charge is 0.303 e. The molecule has 5 heteroatoms. The highest BCUT2D eigenvalue weighted by Gasteiger charge is 1.99. The lowest BCUT2D eigenvalue weighted by atomic mass is 10.1. The van der Waals surface area contributed by atoms with Crippen LogP contribution in [0.1, 0.15) is 19.3 Å². The fraction of sp³-hybridized carbons (Fsp3) is 0.294. The SMILES string of the molecule is CNC.O=C(O)CCCC(=O)O.c1ccc2ccccc2c1. The molecule has 120 valence electrons. The highest BCUT2D eigenvalue weighted by Crippen LogP contribution is 2.11. The maximum absolute atomic E-state index is 9.79. The van der Waals surface area contributed by atoms with E-state index in [1.54, 1.807) is 0 Å². The van der Waals surface area contributed by atoms with Crippen LogP contribution >= 0.6 is 0 Å². The minimum Gasteiger partial charge on any atom is -0.481 e. The minimum absolute atomic E-state index is 0.0632.